The highest BCUT2D eigenvalue weighted by atomic mass is 79.9. The molecule has 4 nitrogen and oxygen atoms in total. The number of nitrogens with one attached hydrogen (secondary N) is 1. The van der Waals surface area contributed by atoms with E-state index in [0.717, 1.165) is 22.2 Å². The number of hydrogen-bond donors (Lipinski definition) is 2. The number of nitrogens with zero attached hydrogens (tertiary/aromatic N) is 2. The smallest absolute Gasteiger partial charge is 0.136 e. The second-order valence-electron chi connectivity index (χ2n) is 4.91. The molecule has 2 rings (SSSR count). The second kappa shape index (κ2) is 6.50. The van der Waals surface area contributed by atoms with Crippen LogP contribution in [0.15, 0.2) is 29.0 Å². The monoisotopic (exact) mass is 325 g/mol. The fourth-order valence-electron chi connectivity index (χ4n) is 1.96. The fraction of sp³-hybridized carbons (Fsp3) is 0.500. The van der Waals surface area contributed by atoms with Gasteiger partial charge in [0.15, 0.2) is 0 Å². The molecule has 2 heterocycles. The SMILES string of the molecule is CCC(C)C(O)CNCc1cnc2ccc(Br)cn12. The molecular weight excluding hydrogens is 306 g/mol. The van der Waals surface area contributed by atoms with Crippen LogP contribution < -0.4 is 5.32 Å². The van der Waals surface area contributed by atoms with E-state index in [1.807, 2.05) is 28.9 Å². The van der Waals surface area contributed by atoms with Crippen LogP contribution in [0, 0.1) is 5.92 Å². The first kappa shape index (κ1) is 14.5. The predicted molar refractivity (Wildman–Crippen MR) is 80.1 cm³/mol. The van der Waals surface area contributed by atoms with Gasteiger partial charge in [-0.1, -0.05) is 20.3 Å². The molecule has 0 amide bonds. The molecule has 2 aromatic rings. The minimum absolute atomic E-state index is 0.295. The van der Waals surface area contributed by atoms with Crippen molar-refractivity contribution in [3.63, 3.8) is 0 Å². The molecule has 0 radical (unpaired) electrons. The molecule has 0 aliphatic heterocycles. The van der Waals surface area contributed by atoms with E-state index in [1.54, 1.807) is 0 Å². The van der Waals surface area contributed by atoms with Crippen molar-refractivity contribution in [3.05, 3.63) is 34.7 Å². The van der Waals surface area contributed by atoms with Gasteiger partial charge in [-0.25, -0.2) is 4.98 Å². The van der Waals surface area contributed by atoms with Crippen LogP contribution in [0.5, 0.6) is 0 Å². The fourth-order valence-corrected chi connectivity index (χ4v) is 2.29. The number of fused-ring (bicyclic) bond motifs is 1. The molecular formula is C14H20BrN3O. The summed E-state index contributed by atoms with van der Waals surface area (Å²) < 4.78 is 3.08. The first-order chi connectivity index (χ1) is 9.11. The quantitative estimate of drug-likeness (QED) is 0.858. The summed E-state index contributed by atoms with van der Waals surface area (Å²) in [7, 11) is 0. The van der Waals surface area contributed by atoms with Crippen molar-refractivity contribution in [1.82, 2.24) is 14.7 Å². The predicted octanol–water partition coefficient (Wildman–Crippen LogP) is 2.59. The van der Waals surface area contributed by atoms with Crippen molar-refractivity contribution in [2.45, 2.75) is 32.9 Å². The van der Waals surface area contributed by atoms with E-state index >= 15 is 0 Å². The highest BCUT2D eigenvalue weighted by Gasteiger charge is 2.11. The second-order valence-corrected chi connectivity index (χ2v) is 5.82. The summed E-state index contributed by atoms with van der Waals surface area (Å²) >= 11 is 3.46. The number of hydrogen-bond acceptors (Lipinski definition) is 3. The van der Waals surface area contributed by atoms with Crippen molar-refractivity contribution in [2.24, 2.45) is 5.92 Å². The molecule has 0 fully saturated rings. The molecule has 0 spiro atoms. The largest absolute Gasteiger partial charge is 0.392 e. The molecule has 0 aromatic carbocycles. The molecule has 0 aliphatic rings. The summed E-state index contributed by atoms with van der Waals surface area (Å²) in [6.45, 7) is 5.47. The average molecular weight is 326 g/mol. The van der Waals surface area contributed by atoms with E-state index in [9.17, 15) is 5.11 Å². The van der Waals surface area contributed by atoms with Gasteiger partial charge in [0.1, 0.15) is 5.65 Å². The lowest BCUT2D eigenvalue weighted by Crippen LogP contribution is -2.31. The van der Waals surface area contributed by atoms with Gasteiger partial charge in [0.05, 0.1) is 18.0 Å². The zero-order valence-corrected chi connectivity index (χ0v) is 12.9. The Hall–Kier alpha value is -0.910. The highest BCUT2D eigenvalue weighted by Crippen LogP contribution is 2.13. The summed E-state index contributed by atoms with van der Waals surface area (Å²) in [6, 6.07) is 3.95. The third kappa shape index (κ3) is 3.55. The van der Waals surface area contributed by atoms with Gasteiger partial charge in [-0.2, -0.15) is 0 Å². The molecule has 0 saturated heterocycles. The molecule has 0 aliphatic carbocycles. The number of rotatable bonds is 6. The lowest BCUT2D eigenvalue weighted by atomic mass is 10.0. The standard InChI is InChI=1S/C14H20BrN3O/c1-3-10(2)13(19)8-16-6-12-7-17-14-5-4-11(15)9-18(12)14/h4-5,7,9-10,13,16,19H,3,6,8H2,1-2H3. The van der Waals surface area contributed by atoms with Crippen molar-refractivity contribution >= 4 is 21.6 Å². The third-order valence-corrected chi connectivity index (χ3v) is 3.98. The first-order valence-corrected chi connectivity index (χ1v) is 7.41. The van der Waals surface area contributed by atoms with Crippen LogP contribution in [0.3, 0.4) is 0 Å². The molecule has 2 unspecified atom stereocenters. The van der Waals surface area contributed by atoms with Gasteiger partial charge >= 0.3 is 0 Å². The summed E-state index contributed by atoms with van der Waals surface area (Å²) in [6.07, 6.45) is 4.57. The van der Waals surface area contributed by atoms with Crippen LogP contribution in [0.25, 0.3) is 5.65 Å². The van der Waals surface area contributed by atoms with E-state index in [4.69, 9.17) is 0 Å². The normalized spacial score (nSPS) is 14.7. The lowest BCUT2D eigenvalue weighted by Gasteiger charge is -2.17. The summed E-state index contributed by atoms with van der Waals surface area (Å²) in [4.78, 5) is 4.35. The van der Waals surface area contributed by atoms with Crippen LogP contribution in [0.4, 0.5) is 0 Å². The number of aliphatic hydroxyl groups excluding tert-OH is 1. The Kier molecular flexibility index (Phi) is 4.96. The van der Waals surface area contributed by atoms with Crippen molar-refractivity contribution < 1.29 is 5.11 Å². The van der Waals surface area contributed by atoms with E-state index in [-0.39, 0.29) is 6.10 Å². The van der Waals surface area contributed by atoms with Crippen LogP contribution in [0.2, 0.25) is 0 Å². The van der Waals surface area contributed by atoms with Crippen LogP contribution in [-0.4, -0.2) is 27.1 Å². The molecule has 0 bridgehead atoms. The van der Waals surface area contributed by atoms with Gasteiger partial charge in [0, 0.05) is 23.8 Å². The Labute approximate surface area is 122 Å². The maximum absolute atomic E-state index is 9.91. The van der Waals surface area contributed by atoms with Crippen molar-refractivity contribution in [3.8, 4) is 0 Å². The van der Waals surface area contributed by atoms with E-state index < -0.39 is 0 Å². The topological polar surface area (TPSA) is 49.6 Å². The molecule has 5 heteroatoms. The van der Waals surface area contributed by atoms with E-state index in [2.05, 4.69) is 40.1 Å². The number of aliphatic hydroxyl groups is 1. The highest BCUT2D eigenvalue weighted by molar-refractivity contribution is 9.10. The minimum atomic E-state index is -0.295. The first-order valence-electron chi connectivity index (χ1n) is 6.62. The zero-order valence-electron chi connectivity index (χ0n) is 11.3. The maximum atomic E-state index is 9.91. The van der Waals surface area contributed by atoms with Crippen LogP contribution >= 0.6 is 15.9 Å². The van der Waals surface area contributed by atoms with E-state index in [1.165, 1.54) is 0 Å². The summed E-state index contributed by atoms with van der Waals surface area (Å²) in [5, 5.41) is 13.2. The summed E-state index contributed by atoms with van der Waals surface area (Å²) in [5.41, 5.74) is 2.02. The molecule has 19 heavy (non-hydrogen) atoms. The lowest BCUT2D eigenvalue weighted by molar-refractivity contribution is 0.112. The number of imidazole rings is 1. The van der Waals surface area contributed by atoms with Gasteiger partial charge in [0.2, 0.25) is 0 Å². The number of aromatic nitrogens is 2. The number of pyridine rings is 1. The Morgan fingerprint density at radius 3 is 3.00 bits per heavy atom. The Bertz CT molecular complexity index is 540. The van der Waals surface area contributed by atoms with Gasteiger partial charge in [-0.05, 0) is 34.0 Å². The molecule has 2 N–H and O–H groups in total. The van der Waals surface area contributed by atoms with Gasteiger partial charge < -0.3 is 14.8 Å². The average Bonchev–Trinajstić information content (AvgIpc) is 2.80. The van der Waals surface area contributed by atoms with Crippen molar-refractivity contribution in [2.75, 3.05) is 6.54 Å². The van der Waals surface area contributed by atoms with Gasteiger partial charge in [0.25, 0.3) is 0 Å². The third-order valence-electron chi connectivity index (χ3n) is 3.51. The van der Waals surface area contributed by atoms with Gasteiger partial charge in [-0.15, -0.1) is 0 Å². The summed E-state index contributed by atoms with van der Waals surface area (Å²) in [5.74, 6) is 0.323. The maximum Gasteiger partial charge on any atom is 0.136 e. The Morgan fingerprint density at radius 2 is 2.26 bits per heavy atom. The Morgan fingerprint density at radius 1 is 1.47 bits per heavy atom. The van der Waals surface area contributed by atoms with Gasteiger partial charge in [-0.3, -0.25) is 0 Å². The molecule has 2 atom stereocenters. The molecule has 0 saturated carbocycles. The molecule has 104 valence electrons. The number of halogens is 1. The van der Waals surface area contributed by atoms with E-state index in [0.29, 0.717) is 19.0 Å². The molecule has 2 aromatic heterocycles. The minimum Gasteiger partial charge on any atom is -0.392 e. The zero-order chi connectivity index (χ0) is 13.8. The van der Waals surface area contributed by atoms with Crippen LogP contribution in [-0.2, 0) is 6.54 Å². The Balaban J connectivity index is 1.96. The van der Waals surface area contributed by atoms with Crippen molar-refractivity contribution in [1.29, 1.82) is 0 Å². The van der Waals surface area contributed by atoms with Crippen LogP contribution in [0.1, 0.15) is 26.0 Å².